The average Bonchev–Trinajstić information content (AvgIpc) is 2.59. The molecule has 1 aliphatic rings. The number of piperidine rings is 1. The summed E-state index contributed by atoms with van der Waals surface area (Å²) in [4.78, 5) is 0.341. The second-order valence-electron chi connectivity index (χ2n) is 4.71. The van der Waals surface area contributed by atoms with Crippen LogP contribution in [0.15, 0.2) is 11.1 Å². The number of rotatable bonds is 2. The smallest absolute Gasteiger partial charge is 0.246 e. The summed E-state index contributed by atoms with van der Waals surface area (Å²) < 4.78 is 28.2. The Morgan fingerprint density at radius 1 is 1.41 bits per heavy atom. The molecule has 1 aromatic rings. The maximum absolute atomic E-state index is 12.5. The van der Waals surface area contributed by atoms with E-state index in [0.29, 0.717) is 17.1 Å². The molecular weight excluding hydrogens is 238 g/mol. The van der Waals surface area contributed by atoms with E-state index in [-0.39, 0.29) is 6.04 Å². The van der Waals surface area contributed by atoms with Gasteiger partial charge in [-0.15, -0.1) is 0 Å². The number of aryl methyl sites for hydroxylation is 2. The van der Waals surface area contributed by atoms with Crippen LogP contribution in [-0.4, -0.2) is 35.1 Å². The summed E-state index contributed by atoms with van der Waals surface area (Å²) in [6.07, 6.45) is 4.59. The van der Waals surface area contributed by atoms with E-state index in [2.05, 4.69) is 5.10 Å². The van der Waals surface area contributed by atoms with Gasteiger partial charge in [0.15, 0.2) is 0 Å². The minimum atomic E-state index is -3.37. The third-order valence-electron chi connectivity index (χ3n) is 3.30. The molecule has 1 saturated heterocycles. The first-order chi connectivity index (χ1) is 7.93. The van der Waals surface area contributed by atoms with Crippen molar-refractivity contribution in [2.75, 3.05) is 6.54 Å². The Hall–Kier alpha value is -0.880. The van der Waals surface area contributed by atoms with Crippen molar-refractivity contribution in [3.8, 4) is 0 Å². The number of hydrogen-bond donors (Lipinski definition) is 0. The van der Waals surface area contributed by atoms with E-state index in [1.54, 1.807) is 29.2 Å². The van der Waals surface area contributed by atoms with E-state index in [1.165, 1.54) is 0 Å². The number of aromatic nitrogens is 2. The molecule has 0 amide bonds. The monoisotopic (exact) mass is 257 g/mol. The molecule has 0 saturated carbocycles. The van der Waals surface area contributed by atoms with Gasteiger partial charge < -0.3 is 0 Å². The first-order valence-electron chi connectivity index (χ1n) is 5.95. The van der Waals surface area contributed by atoms with Crippen molar-refractivity contribution in [3.63, 3.8) is 0 Å². The van der Waals surface area contributed by atoms with Crippen molar-refractivity contribution in [3.05, 3.63) is 11.9 Å². The maximum Gasteiger partial charge on any atom is 0.246 e. The Labute approximate surface area is 102 Å². The van der Waals surface area contributed by atoms with Gasteiger partial charge in [-0.2, -0.15) is 9.40 Å². The number of sulfonamides is 1. The van der Waals surface area contributed by atoms with E-state index in [4.69, 9.17) is 0 Å². The summed E-state index contributed by atoms with van der Waals surface area (Å²) in [6.45, 7) is 4.34. The summed E-state index contributed by atoms with van der Waals surface area (Å²) in [6, 6.07) is 0.0911. The molecule has 96 valence electrons. The summed E-state index contributed by atoms with van der Waals surface area (Å²) in [5, 5.41) is 4.11. The zero-order chi connectivity index (χ0) is 12.6. The molecule has 1 atom stereocenters. The van der Waals surface area contributed by atoms with Gasteiger partial charge in [-0.25, -0.2) is 8.42 Å². The van der Waals surface area contributed by atoms with E-state index < -0.39 is 10.0 Å². The first-order valence-corrected chi connectivity index (χ1v) is 7.39. The quantitative estimate of drug-likeness (QED) is 0.802. The van der Waals surface area contributed by atoms with Crippen molar-refractivity contribution in [1.29, 1.82) is 0 Å². The third-order valence-corrected chi connectivity index (χ3v) is 5.41. The lowest BCUT2D eigenvalue weighted by Gasteiger charge is -2.31. The lowest BCUT2D eigenvalue weighted by Crippen LogP contribution is -2.42. The summed E-state index contributed by atoms with van der Waals surface area (Å²) >= 11 is 0. The number of nitrogens with zero attached hydrogens (tertiary/aromatic N) is 3. The molecule has 6 heteroatoms. The van der Waals surface area contributed by atoms with Crippen LogP contribution in [0.3, 0.4) is 0 Å². The van der Waals surface area contributed by atoms with E-state index in [9.17, 15) is 8.42 Å². The Morgan fingerprint density at radius 2 is 2.12 bits per heavy atom. The molecule has 1 aliphatic heterocycles. The Morgan fingerprint density at radius 3 is 2.65 bits per heavy atom. The molecule has 5 nitrogen and oxygen atoms in total. The molecule has 0 N–H and O–H groups in total. The van der Waals surface area contributed by atoms with Crippen molar-refractivity contribution in [1.82, 2.24) is 14.1 Å². The molecule has 1 unspecified atom stereocenters. The fourth-order valence-electron chi connectivity index (χ4n) is 2.39. The molecular formula is C11H19N3O2S. The van der Waals surface area contributed by atoms with Gasteiger partial charge in [0.05, 0.1) is 5.69 Å². The molecule has 2 heterocycles. The van der Waals surface area contributed by atoms with Crippen LogP contribution in [-0.2, 0) is 17.1 Å². The van der Waals surface area contributed by atoms with Crippen LogP contribution in [0.2, 0.25) is 0 Å². The van der Waals surface area contributed by atoms with Crippen molar-refractivity contribution in [2.45, 2.75) is 44.0 Å². The fourth-order valence-corrected chi connectivity index (χ4v) is 4.29. The minimum Gasteiger partial charge on any atom is -0.274 e. The predicted molar refractivity (Wildman–Crippen MR) is 65.1 cm³/mol. The zero-order valence-electron chi connectivity index (χ0n) is 10.5. The van der Waals surface area contributed by atoms with Gasteiger partial charge in [0.2, 0.25) is 10.0 Å². The molecule has 2 rings (SSSR count). The summed E-state index contributed by atoms with van der Waals surface area (Å²) in [5.41, 5.74) is 0.574. The van der Waals surface area contributed by atoms with Crippen LogP contribution in [0.5, 0.6) is 0 Å². The molecule has 0 spiro atoms. The highest BCUT2D eigenvalue weighted by molar-refractivity contribution is 7.89. The lowest BCUT2D eigenvalue weighted by atomic mass is 10.1. The molecule has 0 bridgehead atoms. The summed E-state index contributed by atoms with van der Waals surface area (Å²) in [5.74, 6) is 0. The molecule has 0 aliphatic carbocycles. The van der Waals surface area contributed by atoms with Crippen LogP contribution in [0, 0.1) is 6.92 Å². The molecule has 0 aromatic carbocycles. The second-order valence-corrected chi connectivity index (χ2v) is 6.57. The van der Waals surface area contributed by atoms with E-state index in [0.717, 1.165) is 19.3 Å². The number of hydrogen-bond acceptors (Lipinski definition) is 3. The van der Waals surface area contributed by atoms with Crippen LogP contribution in [0.25, 0.3) is 0 Å². The lowest BCUT2D eigenvalue weighted by molar-refractivity contribution is 0.268. The van der Waals surface area contributed by atoms with Crippen LogP contribution in [0.1, 0.15) is 31.9 Å². The molecule has 1 fully saturated rings. The van der Waals surface area contributed by atoms with Gasteiger partial charge in [0, 0.05) is 25.8 Å². The van der Waals surface area contributed by atoms with Crippen LogP contribution >= 0.6 is 0 Å². The first kappa shape index (κ1) is 12.6. The van der Waals surface area contributed by atoms with Gasteiger partial charge in [0.25, 0.3) is 0 Å². The highest BCUT2D eigenvalue weighted by Gasteiger charge is 2.32. The fraction of sp³-hybridized carbons (Fsp3) is 0.727. The van der Waals surface area contributed by atoms with Gasteiger partial charge in [0.1, 0.15) is 4.90 Å². The molecule has 0 radical (unpaired) electrons. The topological polar surface area (TPSA) is 55.2 Å². The van der Waals surface area contributed by atoms with Crippen LogP contribution in [0.4, 0.5) is 0 Å². The van der Waals surface area contributed by atoms with E-state index in [1.807, 2.05) is 6.92 Å². The summed E-state index contributed by atoms with van der Waals surface area (Å²) in [7, 11) is -1.63. The van der Waals surface area contributed by atoms with Crippen molar-refractivity contribution in [2.24, 2.45) is 7.05 Å². The normalized spacial score (nSPS) is 22.9. The third kappa shape index (κ3) is 2.24. The SMILES string of the molecule is Cc1nn(C)cc1S(=O)(=O)N1CCCCC1C. The zero-order valence-corrected chi connectivity index (χ0v) is 11.4. The predicted octanol–water partition coefficient (Wildman–Crippen LogP) is 1.29. The standard InChI is InChI=1S/C11H19N3O2S/c1-9-6-4-5-7-14(9)17(15,16)11-8-13(3)12-10(11)2/h8-9H,4-7H2,1-3H3. The van der Waals surface area contributed by atoms with Gasteiger partial charge in [-0.1, -0.05) is 6.42 Å². The van der Waals surface area contributed by atoms with Crippen molar-refractivity contribution >= 4 is 10.0 Å². The highest BCUT2D eigenvalue weighted by atomic mass is 32.2. The second kappa shape index (κ2) is 4.42. The van der Waals surface area contributed by atoms with Gasteiger partial charge in [-0.05, 0) is 26.7 Å². The van der Waals surface area contributed by atoms with Gasteiger partial charge >= 0.3 is 0 Å². The Balaban J connectivity index is 2.39. The Kier molecular flexibility index (Phi) is 3.27. The van der Waals surface area contributed by atoms with Crippen LogP contribution < -0.4 is 0 Å². The molecule has 1 aromatic heterocycles. The largest absolute Gasteiger partial charge is 0.274 e. The van der Waals surface area contributed by atoms with E-state index >= 15 is 0 Å². The van der Waals surface area contributed by atoms with Crippen molar-refractivity contribution < 1.29 is 8.42 Å². The molecule has 17 heavy (non-hydrogen) atoms. The minimum absolute atomic E-state index is 0.0911. The average molecular weight is 257 g/mol. The Bertz CT molecular complexity index is 507. The highest BCUT2D eigenvalue weighted by Crippen LogP contribution is 2.26. The maximum atomic E-state index is 12.5. The van der Waals surface area contributed by atoms with Gasteiger partial charge in [-0.3, -0.25) is 4.68 Å².